The monoisotopic (exact) mass is 559 g/mol. The van der Waals surface area contributed by atoms with Gasteiger partial charge in [-0.25, -0.2) is 4.79 Å². The van der Waals surface area contributed by atoms with Gasteiger partial charge in [0.2, 0.25) is 5.91 Å². The van der Waals surface area contributed by atoms with Gasteiger partial charge in [0, 0.05) is 18.2 Å². The predicted octanol–water partition coefficient (Wildman–Crippen LogP) is 6.06. The summed E-state index contributed by atoms with van der Waals surface area (Å²) < 4.78 is 5.48. The summed E-state index contributed by atoms with van der Waals surface area (Å²) in [6.45, 7) is 12.7. The van der Waals surface area contributed by atoms with Crippen molar-refractivity contribution >= 4 is 23.6 Å². The number of hydrogen-bond donors (Lipinski definition) is 3. The van der Waals surface area contributed by atoms with Crippen molar-refractivity contribution in [3.63, 3.8) is 0 Å². The van der Waals surface area contributed by atoms with Gasteiger partial charge in [-0.05, 0) is 83.4 Å². The van der Waals surface area contributed by atoms with Gasteiger partial charge < -0.3 is 25.4 Å². The molecule has 3 rings (SSSR count). The molecule has 3 aromatic carbocycles. The van der Waals surface area contributed by atoms with Crippen LogP contribution in [-0.2, 0) is 20.7 Å². The number of ether oxygens (including phenoxy) is 1. The first kappa shape index (κ1) is 31.2. The fraction of sp³-hybridized carbons (Fsp3) is 0.364. The first-order valence-corrected chi connectivity index (χ1v) is 13.8. The van der Waals surface area contributed by atoms with Crippen LogP contribution in [0.25, 0.3) is 0 Å². The Morgan fingerprint density at radius 3 is 2.17 bits per heavy atom. The molecule has 0 bridgehead atoms. The summed E-state index contributed by atoms with van der Waals surface area (Å²) in [5, 5.41) is 15.5. The van der Waals surface area contributed by atoms with Crippen molar-refractivity contribution in [2.45, 2.75) is 78.6 Å². The number of para-hydroxylation sites is 1. The molecule has 0 aromatic heterocycles. The smallest absolute Gasteiger partial charge is 0.408 e. The average Bonchev–Trinajstić information content (AvgIpc) is 2.87. The van der Waals surface area contributed by atoms with Crippen molar-refractivity contribution in [1.82, 2.24) is 10.2 Å². The minimum Gasteiger partial charge on any atom is -0.508 e. The summed E-state index contributed by atoms with van der Waals surface area (Å²) in [5.41, 5.74) is 3.09. The molecular formula is C33H41N3O5. The second kappa shape index (κ2) is 13.4. The van der Waals surface area contributed by atoms with Crippen LogP contribution in [0.1, 0.15) is 62.9 Å². The quantitative estimate of drug-likeness (QED) is 0.295. The fourth-order valence-corrected chi connectivity index (χ4v) is 4.57. The standard InChI is InChI=1S/C33H41N3O5/c1-21(2)36(29(25-13-10-11-22(3)19-25)30(38)34-27-14-9-8-12-23(27)4)31(39)28(35-32(40)41-33(5,6)7)20-24-15-17-26(37)18-16-24/h8-19,21,28-29,37H,20H2,1-7H3,(H,34,38)(H,35,40). The van der Waals surface area contributed by atoms with E-state index in [1.54, 1.807) is 32.9 Å². The van der Waals surface area contributed by atoms with Gasteiger partial charge in [-0.15, -0.1) is 0 Å². The Balaban J connectivity index is 2.06. The number of aromatic hydroxyl groups is 1. The highest BCUT2D eigenvalue weighted by atomic mass is 16.6. The molecule has 0 aliphatic carbocycles. The Bertz CT molecular complexity index is 1360. The zero-order valence-corrected chi connectivity index (χ0v) is 24.9. The van der Waals surface area contributed by atoms with Crippen molar-refractivity contribution in [2.75, 3.05) is 5.32 Å². The van der Waals surface area contributed by atoms with E-state index in [2.05, 4.69) is 10.6 Å². The van der Waals surface area contributed by atoms with E-state index in [-0.39, 0.29) is 18.1 Å². The van der Waals surface area contributed by atoms with Gasteiger partial charge >= 0.3 is 6.09 Å². The van der Waals surface area contributed by atoms with Crippen LogP contribution in [0.4, 0.5) is 10.5 Å². The first-order chi connectivity index (χ1) is 19.2. The molecule has 8 heteroatoms. The lowest BCUT2D eigenvalue weighted by Crippen LogP contribution is -2.55. The molecule has 41 heavy (non-hydrogen) atoms. The number of nitrogens with zero attached hydrogens (tertiary/aromatic N) is 1. The van der Waals surface area contributed by atoms with Crippen LogP contribution >= 0.6 is 0 Å². The maximum atomic E-state index is 14.4. The average molecular weight is 560 g/mol. The van der Waals surface area contributed by atoms with Crippen molar-refractivity contribution in [1.29, 1.82) is 0 Å². The van der Waals surface area contributed by atoms with Crippen LogP contribution in [0, 0.1) is 13.8 Å². The molecule has 0 heterocycles. The van der Waals surface area contributed by atoms with Crippen LogP contribution < -0.4 is 10.6 Å². The van der Waals surface area contributed by atoms with E-state index in [0.29, 0.717) is 11.3 Å². The van der Waals surface area contributed by atoms with E-state index in [0.717, 1.165) is 16.7 Å². The lowest BCUT2D eigenvalue weighted by atomic mass is 9.97. The molecule has 3 aromatic rings. The van der Waals surface area contributed by atoms with Gasteiger partial charge in [0.05, 0.1) is 0 Å². The Hall–Kier alpha value is -4.33. The number of aryl methyl sites for hydroxylation is 2. The number of alkyl carbamates (subject to hydrolysis) is 1. The van der Waals surface area contributed by atoms with Crippen LogP contribution in [0.3, 0.4) is 0 Å². The third kappa shape index (κ3) is 8.83. The van der Waals surface area contributed by atoms with Crippen molar-refractivity contribution in [3.05, 3.63) is 95.1 Å². The number of anilines is 1. The van der Waals surface area contributed by atoms with Crippen LogP contribution in [0.5, 0.6) is 5.75 Å². The van der Waals surface area contributed by atoms with Crippen molar-refractivity contribution in [3.8, 4) is 5.75 Å². The summed E-state index contributed by atoms with van der Waals surface area (Å²) in [5.74, 6) is -0.717. The minimum atomic E-state index is -1.05. The van der Waals surface area contributed by atoms with E-state index in [9.17, 15) is 19.5 Å². The largest absolute Gasteiger partial charge is 0.508 e. The number of carbonyl (C=O) groups excluding carboxylic acids is 3. The van der Waals surface area contributed by atoms with Crippen LogP contribution in [0.2, 0.25) is 0 Å². The van der Waals surface area contributed by atoms with E-state index in [1.807, 2.05) is 76.2 Å². The maximum Gasteiger partial charge on any atom is 0.408 e. The fourth-order valence-electron chi connectivity index (χ4n) is 4.57. The number of carbonyl (C=O) groups is 3. The molecule has 0 aliphatic rings. The molecule has 3 amide bonds. The summed E-state index contributed by atoms with van der Waals surface area (Å²) >= 11 is 0. The van der Waals surface area contributed by atoms with Gasteiger partial charge in [-0.2, -0.15) is 0 Å². The van der Waals surface area contributed by atoms with Crippen molar-refractivity contribution < 1.29 is 24.2 Å². The molecule has 0 radical (unpaired) electrons. The SMILES string of the molecule is Cc1cccc(C(C(=O)Nc2ccccc2C)N(C(=O)C(Cc2ccc(O)cc2)NC(=O)OC(C)(C)C)C(C)C)c1. The molecule has 0 fully saturated rings. The molecular weight excluding hydrogens is 518 g/mol. The molecule has 2 atom stereocenters. The Morgan fingerprint density at radius 1 is 0.927 bits per heavy atom. The molecule has 0 aliphatic heterocycles. The summed E-state index contributed by atoms with van der Waals surface area (Å²) in [4.78, 5) is 42.8. The number of rotatable bonds is 9. The topological polar surface area (TPSA) is 108 Å². The molecule has 3 N–H and O–H groups in total. The molecule has 8 nitrogen and oxygen atoms in total. The molecule has 0 spiro atoms. The number of amides is 3. The summed E-state index contributed by atoms with van der Waals surface area (Å²) in [6, 6.07) is 19.0. The molecule has 218 valence electrons. The van der Waals surface area contributed by atoms with Crippen LogP contribution in [0.15, 0.2) is 72.8 Å². The highest BCUT2D eigenvalue weighted by Crippen LogP contribution is 2.28. The van der Waals surface area contributed by atoms with E-state index in [4.69, 9.17) is 4.74 Å². The number of phenolic OH excluding ortho intramolecular Hbond substituents is 1. The van der Waals surface area contributed by atoms with Gasteiger partial charge in [0.25, 0.3) is 5.91 Å². The summed E-state index contributed by atoms with van der Waals surface area (Å²) in [6.07, 6.45) is -0.614. The second-order valence-electron chi connectivity index (χ2n) is 11.5. The number of benzene rings is 3. The Labute approximate surface area is 242 Å². The third-order valence-electron chi connectivity index (χ3n) is 6.46. The zero-order chi connectivity index (χ0) is 30.3. The first-order valence-electron chi connectivity index (χ1n) is 13.8. The van der Waals surface area contributed by atoms with Gasteiger partial charge in [0.1, 0.15) is 23.4 Å². The number of hydrogen-bond acceptors (Lipinski definition) is 5. The van der Waals surface area contributed by atoms with Gasteiger partial charge in [-0.1, -0.05) is 60.2 Å². The molecule has 0 saturated carbocycles. The minimum absolute atomic E-state index is 0.0907. The predicted molar refractivity (Wildman–Crippen MR) is 161 cm³/mol. The zero-order valence-electron chi connectivity index (χ0n) is 24.9. The van der Waals surface area contributed by atoms with Crippen molar-refractivity contribution in [2.24, 2.45) is 0 Å². The van der Waals surface area contributed by atoms with E-state index in [1.165, 1.54) is 17.0 Å². The highest BCUT2D eigenvalue weighted by Gasteiger charge is 2.38. The second-order valence-corrected chi connectivity index (χ2v) is 11.5. The third-order valence-corrected chi connectivity index (χ3v) is 6.46. The van der Waals surface area contributed by atoms with E-state index < -0.39 is 35.7 Å². The molecule has 0 saturated heterocycles. The van der Waals surface area contributed by atoms with Crippen LogP contribution in [-0.4, -0.2) is 45.6 Å². The normalized spacial score (nSPS) is 12.8. The Morgan fingerprint density at radius 2 is 1.59 bits per heavy atom. The maximum absolute atomic E-state index is 14.4. The van der Waals surface area contributed by atoms with E-state index >= 15 is 0 Å². The number of nitrogens with one attached hydrogen (secondary N) is 2. The lowest BCUT2D eigenvalue weighted by molar-refractivity contribution is -0.142. The van der Waals surface area contributed by atoms with Gasteiger partial charge in [0.15, 0.2) is 0 Å². The Kier molecular flexibility index (Phi) is 10.2. The summed E-state index contributed by atoms with van der Waals surface area (Å²) in [7, 11) is 0. The van der Waals surface area contributed by atoms with Gasteiger partial charge in [-0.3, -0.25) is 9.59 Å². The molecule has 2 unspecified atom stereocenters. The highest BCUT2D eigenvalue weighted by molar-refractivity contribution is 5.99. The lowest BCUT2D eigenvalue weighted by Gasteiger charge is -2.37. The number of phenols is 1.